The summed E-state index contributed by atoms with van der Waals surface area (Å²) in [5.74, 6) is 0. The van der Waals surface area contributed by atoms with Gasteiger partial charge in [0, 0.05) is 18.2 Å². The Morgan fingerprint density at radius 1 is 1.40 bits per heavy atom. The largest absolute Gasteiger partial charge is 0.378 e. The number of hydrogen-bond acceptors (Lipinski definition) is 3. The van der Waals surface area contributed by atoms with E-state index in [1.807, 2.05) is 0 Å². The molecule has 0 N–H and O–H groups in total. The van der Waals surface area contributed by atoms with Crippen molar-refractivity contribution in [3.8, 4) is 0 Å². The molecule has 0 aliphatic carbocycles. The minimum absolute atomic E-state index is 0.0116. The molecule has 2 heterocycles. The van der Waals surface area contributed by atoms with Crippen molar-refractivity contribution in [1.29, 1.82) is 0 Å². The Morgan fingerprint density at radius 2 is 2.30 bits per heavy atom. The first kappa shape index (κ1) is 13.6. The number of benzene rings is 1. The maximum atomic E-state index is 12.4. The monoisotopic (exact) mass is 292 g/mol. The topological polar surface area (TPSA) is 44.1 Å². The highest BCUT2D eigenvalue weighted by molar-refractivity contribution is 6.31. The van der Waals surface area contributed by atoms with Crippen LogP contribution in [0.25, 0.3) is 10.9 Å². The van der Waals surface area contributed by atoms with Crippen molar-refractivity contribution in [2.45, 2.75) is 38.3 Å². The van der Waals surface area contributed by atoms with Gasteiger partial charge < -0.3 is 4.74 Å². The Kier molecular flexibility index (Phi) is 4.03. The van der Waals surface area contributed by atoms with E-state index in [1.165, 1.54) is 6.42 Å². The van der Waals surface area contributed by atoms with Gasteiger partial charge in [-0.2, -0.15) is 0 Å². The quantitative estimate of drug-likeness (QED) is 0.873. The molecule has 1 aromatic carbocycles. The summed E-state index contributed by atoms with van der Waals surface area (Å²) in [5.41, 5.74) is 0.634. The van der Waals surface area contributed by atoms with Crippen LogP contribution in [0, 0.1) is 0 Å². The van der Waals surface area contributed by atoms with Crippen molar-refractivity contribution in [2.24, 2.45) is 0 Å². The first-order valence-electron chi connectivity index (χ1n) is 7.00. The number of aryl methyl sites for hydroxylation is 1. The van der Waals surface area contributed by atoms with Crippen molar-refractivity contribution in [1.82, 2.24) is 9.55 Å². The minimum Gasteiger partial charge on any atom is -0.378 e. The van der Waals surface area contributed by atoms with Crippen LogP contribution in [0.1, 0.15) is 25.7 Å². The maximum absolute atomic E-state index is 12.4. The van der Waals surface area contributed by atoms with Crippen LogP contribution < -0.4 is 5.56 Å². The second-order valence-corrected chi connectivity index (χ2v) is 5.62. The van der Waals surface area contributed by atoms with E-state index in [0.717, 1.165) is 25.9 Å². The van der Waals surface area contributed by atoms with E-state index in [4.69, 9.17) is 16.3 Å². The molecule has 4 nitrogen and oxygen atoms in total. The third-order valence-electron chi connectivity index (χ3n) is 3.75. The number of halogens is 1. The number of aromatic nitrogens is 2. The van der Waals surface area contributed by atoms with Crippen LogP contribution in [-0.4, -0.2) is 22.3 Å². The molecule has 1 fully saturated rings. The molecule has 0 amide bonds. The summed E-state index contributed by atoms with van der Waals surface area (Å²) >= 11 is 5.91. The fraction of sp³-hybridized carbons (Fsp3) is 0.467. The second-order valence-electron chi connectivity index (χ2n) is 5.18. The molecule has 0 radical (unpaired) electrons. The molecular formula is C15H17ClN2O2. The predicted molar refractivity (Wildman–Crippen MR) is 79.2 cm³/mol. The Morgan fingerprint density at radius 3 is 3.10 bits per heavy atom. The first-order valence-corrected chi connectivity index (χ1v) is 7.38. The van der Waals surface area contributed by atoms with Crippen LogP contribution in [0.5, 0.6) is 0 Å². The van der Waals surface area contributed by atoms with Gasteiger partial charge in [-0.15, -0.1) is 0 Å². The standard InChI is InChI=1S/C15H17ClN2O2/c16-11-4-5-13-14(9-11)17-10-18(15(13)19)7-6-12-3-1-2-8-20-12/h4-5,9-10,12H,1-3,6-8H2. The minimum atomic E-state index is -0.0116. The fourth-order valence-corrected chi connectivity index (χ4v) is 2.78. The van der Waals surface area contributed by atoms with Crippen molar-refractivity contribution in [3.63, 3.8) is 0 Å². The van der Waals surface area contributed by atoms with Crippen molar-refractivity contribution >= 4 is 22.5 Å². The summed E-state index contributed by atoms with van der Waals surface area (Å²) in [5, 5.41) is 1.21. The van der Waals surface area contributed by atoms with Gasteiger partial charge in [0.1, 0.15) is 0 Å². The number of fused-ring (bicyclic) bond motifs is 1. The maximum Gasteiger partial charge on any atom is 0.261 e. The van der Waals surface area contributed by atoms with Gasteiger partial charge >= 0.3 is 0 Å². The smallest absolute Gasteiger partial charge is 0.261 e. The van der Waals surface area contributed by atoms with Gasteiger partial charge in [-0.1, -0.05) is 11.6 Å². The van der Waals surface area contributed by atoms with Crippen LogP contribution in [-0.2, 0) is 11.3 Å². The lowest BCUT2D eigenvalue weighted by atomic mass is 10.1. The predicted octanol–water partition coefficient (Wildman–Crippen LogP) is 3.01. The van der Waals surface area contributed by atoms with E-state index in [9.17, 15) is 4.79 Å². The average molecular weight is 293 g/mol. The zero-order valence-corrected chi connectivity index (χ0v) is 12.0. The summed E-state index contributed by atoms with van der Waals surface area (Å²) in [6.07, 6.45) is 6.19. The van der Waals surface area contributed by atoms with E-state index < -0.39 is 0 Å². The van der Waals surface area contributed by atoms with Gasteiger partial charge in [0.2, 0.25) is 0 Å². The molecule has 1 saturated heterocycles. The SMILES string of the molecule is O=c1c2ccc(Cl)cc2ncn1CCC1CCCCO1. The van der Waals surface area contributed by atoms with Crippen molar-refractivity contribution in [2.75, 3.05) is 6.61 Å². The second kappa shape index (κ2) is 5.94. The summed E-state index contributed by atoms with van der Waals surface area (Å²) in [7, 11) is 0. The van der Waals surface area contributed by atoms with Gasteiger partial charge in [0.15, 0.2) is 0 Å². The van der Waals surface area contributed by atoms with E-state index >= 15 is 0 Å². The molecule has 1 aliphatic heterocycles. The van der Waals surface area contributed by atoms with E-state index in [2.05, 4.69) is 4.98 Å². The lowest BCUT2D eigenvalue weighted by Gasteiger charge is -2.22. The lowest BCUT2D eigenvalue weighted by molar-refractivity contribution is 0.00864. The highest BCUT2D eigenvalue weighted by atomic mass is 35.5. The molecule has 1 atom stereocenters. The normalized spacial score (nSPS) is 19.4. The zero-order valence-electron chi connectivity index (χ0n) is 11.2. The molecule has 0 bridgehead atoms. The van der Waals surface area contributed by atoms with Crippen molar-refractivity contribution in [3.05, 3.63) is 39.9 Å². The molecule has 1 aromatic heterocycles. The molecule has 3 rings (SSSR count). The van der Waals surface area contributed by atoms with Gasteiger partial charge in [-0.05, 0) is 43.9 Å². The Balaban J connectivity index is 1.79. The summed E-state index contributed by atoms with van der Waals surface area (Å²) < 4.78 is 7.35. The van der Waals surface area contributed by atoms with Gasteiger partial charge in [-0.3, -0.25) is 9.36 Å². The third-order valence-corrected chi connectivity index (χ3v) is 3.99. The molecule has 1 unspecified atom stereocenters. The van der Waals surface area contributed by atoms with Gasteiger partial charge in [-0.25, -0.2) is 4.98 Å². The first-order chi connectivity index (χ1) is 9.74. The van der Waals surface area contributed by atoms with Crippen LogP contribution >= 0.6 is 11.6 Å². The molecule has 20 heavy (non-hydrogen) atoms. The summed E-state index contributed by atoms with van der Waals surface area (Å²) in [4.78, 5) is 16.7. The molecule has 1 aliphatic rings. The lowest BCUT2D eigenvalue weighted by Crippen LogP contribution is -2.25. The van der Waals surface area contributed by atoms with Crippen LogP contribution in [0.15, 0.2) is 29.3 Å². The molecule has 5 heteroatoms. The molecule has 0 spiro atoms. The number of rotatable bonds is 3. The summed E-state index contributed by atoms with van der Waals surface area (Å²) in [6.45, 7) is 1.49. The summed E-state index contributed by atoms with van der Waals surface area (Å²) in [6, 6.07) is 5.18. The van der Waals surface area contributed by atoms with E-state index in [-0.39, 0.29) is 11.7 Å². The number of nitrogens with zero attached hydrogens (tertiary/aromatic N) is 2. The van der Waals surface area contributed by atoms with E-state index in [1.54, 1.807) is 29.1 Å². The number of hydrogen-bond donors (Lipinski definition) is 0. The Hall–Kier alpha value is -1.39. The number of ether oxygens (including phenoxy) is 1. The van der Waals surface area contributed by atoms with Crippen LogP contribution in [0.3, 0.4) is 0 Å². The molecular weight excluding hydrogens is 276 g/mol. The van der Waals surface area contributed by atoms with Crippen LogP contribution in [0.2, 0.25) is 5.02 Å². The highest BCUT2D eigenvalue weighted by Crippen LogP contribution is 2.17. The van der Waals surface area contributed by atoms with E-state index in [0.29, 0.717) is 22.5 Å². The Bertz CT molecular complexity index is 662. The molecule has 2 aromatic rings. The van der Waals surface area contributed by atoms with Gasteiger partial charge in [0.05, 0.1) is 23.3 Å². The third kappa shape index (κ3) is 2.86. The molecule has 0 saturated carbocycles. The zero-order chi connectivity index (χ0) is 13.9. The fourth-order valence-electron chi connectivity index (χ4n) is 2.61. The molecule has 106 valence electrons. The average Bonchev–Trinajstić information content (AvgIpc) is 2.47. The van der Waals surface area contributed by atoms with Gasteiger partial charge in [0.25, 0.3) is 5.56 Å². The van der Waals surface area contributed by atoms with Crippen molar-refractivity contribution < 1.29 is 4.74 Å². The highest BCUT2D eigenvalue weighted by Gasteiger charge is 2.14. The van der Waals surface area contributed by atoms with Crippen LogP contribution in [0.4, 0.5) is 0 Å². The Labute approximate surface area is 122 Å².